The minimum absolute atomic E-state index is 0.0110. The van der Waals surface area contributed by atoms with E-state index >= 15 is 0 Å². The van der Waals surface area contributed by atoms with Gasteiger partial charge in [-0.2, -0.15) is 21.5 Å². The summed E-state index contributed by atoms with van der Waals surface area (Å²) in [6.45, 7) is -3.15. The quantitative estimate of drug-likeness (QED) is 0.323. The topological polar surface area (TPSA) is 114 Å². The first-order chi connectivity index (χ1) is 16.5. The van der Waals surface area contributed by atoms with Crippen LogP contribution in [-0.2, 0) is 10.2 Å². The summed E-state index contributed by atoms with van der Waals surface area (Å²) >= 11 is 12.2. The van der Waals surface area contributed by atoms with E-state index in [2.05, 4.69) is 19.8 Å². The van der Waals surface area contributed by atoms with Crippen LogP contribution in [0.2, 0.25) is 10.0 Å². The van der Waals surface area contributed by atoms with Crippen molar-refractivity contribution >= 4 is 72.6 Å². The Morgan fingerprint density at radius 3 is 2.46 bits per heavy atom. The number of furan rings is 1. The second kappa shape index (κ2) is 9.46. The zero-order valence-electron chi connectivity index (χ0n) is 18.0. The Hall–Kier alpha value is -3.19. The highest BCUT2D eigenvalue weighted by Crippen LogP contribution is 2.39. The Morgan fingerprint density at radius 1 is 1.14 bits per heavy atom. The molecule has 1 amide bonds. The predicted octanol–water partition coefficient (Wildman–Crippen LogP) is 5.36. The summed E-state index contributed by atoms with van der Waals surface area (Å²) in [4.78, 5) is 17.0. The lowest BCUT2D eigenvalue weighted by Crippen LogP contribution is -2.28. The van der Waals surface area contributed by atoms with Crippen LogP contribution in [-0.4, -0.2) is 44.3 Å². The fourth-order valence-electron chi connectivity index (χ4n) is 3.25. The molecule has 0 aliphatic rings. The van der Waals surface area contributed by atoms with E-state index in [1.54, 1.807) is 0 Å². The second-order valence-electron chi connectivity index (χ2n) is 7.33. The molecule has 35 heavy (non-hydrogen) atoms. The highest BCUT2D eigenvalue weighted by atomic mass is 35.5. The molecule has 9 nitrogen and oxygen atoms in total. The van der Waals surface area contributed by atoms with E-state index in [1.165, 1.54) is 50.8 Å². The number of amides is 1. The molecular weight excluding hydrogens is 529 g/mol. The molecule has 0 aliphatic heterocycles. The molecule has 2 aromatic carbocycles. The Kier molecular flexibility index (Phi) is 6.73. The molecule has 0 radical (unpaired) electrons. The van der Waals surface area contributed by atoms with Crippen molar-refractivity contribution in [3.8, 4) is 5.75 Å². The molecule has 0 spiro atoms. The van der Waals surface area contributed by atoms with Crippen LogP contribution >= 0.6 is 23.2 Å². The van der Waals surface area contributed by atoms with E-state index in [0.29, 0.717) is 0 Å². The van der Waals surface area contributed by atoms with Gasteiger partial charge >= 0.3 is 16.8 Å². The Morgan fingerprint density at radius 2 is 1.83 bits per heavy atom. The van der Waals surface area contributed by atoms with E-state index in [0.717, 1.165) is 10.4 Å². The molecule has 0 fully saturated rings. The molecule has 0 aliphatic carbocycles. The summed E-state index contributed by atoms with van der Waals surface area (Å²) in [5.74, 6) is -0.992. The van der Waals surface area contributed by atoms with E-state index in [-0.39, 0.29) is 54.7 Å². The van der Waals surface area contributed by atoms with Crippen molar-refractivity contribution in [1.82, 2.24) is 9.29 Å². The number of alkyl halides is 2. The first-order valence-corrected chi connectivity index (χ1v) is 11.9. The number of fused-ring (bicyclic) bond motifs is 3. The highest BCUT2D eigenvalue weighted by Gasteiger charge is 2.23. The molecule has 184 valence electrons. The number of carbonyl (C=O) groups is 1. The van der Waals surface area contributed by atoms with Crippen molar-refractivity contribution in [2.45, 2.75) is 6.61 Å². The number of aromatic nitrogens is 1. The summed E-state index contributed by atoms with van der Waals surface area (Å²) < 4.78 is 64.1. The Labute approximate surface area is 207 Å². The lowest BCUT2D eigenvalue weighted by atomic mass is 10.0. The third-order valence-corrected chi connectivity index (χ3v) is 6.89. The van der Waals surface area contributed by atoms with Gasteiger partial charge in [-0.3, -0.25) is 14.5 Å². The van der Waals surface area contributed by atoms with Gasteiger partial charge in [-0.25, -0.2) is 0 Å². The average Bonchev–Trinajstić information content (AvgIpc) is 3.15. The van der Waals surface area contributed by atoms with Crippen molar-refractivity contribution in [2.24, 2.45) is 0 Å². The molecule has 0 atom stereocenters. The van der Waals surface area contributed by atoms with E-state index < -0.39 is 22.7 Å². The number of nitrogens with zero attached hydrogens (tertiary/aromatic N) is 2. The number of hydrogen-bond donors (Lipinski definition) is 2. The highest BCUT2D eigenvalue weighted by molar-refractivity contribution is 7.90. The second-order valence-corrected chi connectivity index (χ2v) is 10.0. The van der Waals surface area contributed by atoms with Gasteiger partial charge in [-0.1, -0.05) is 23.2 Å². The summed E-state index contributed by atoms with van der Waals surface area (Å²) in [5, 5.41) is 3.13. The summed E-state index contributed by atoms with van der Waals surface area (Å²) in [5.41, 5.74) is 0.332. The molecule has 2 heterocycles. The van der Waals surface area contributed by atoms with E-state index in [4.69, 9.17) is 27.6 Å². The maximum Gasteiger partial charge on any atom is 0.387 e. The molecule has 0 bridgehead atoms. The Balaban J connectivity index is 1.90. The van der Waals surface area contributed by atoms with Crippen LogP contribution in [0.5, 0.6) is 5.75 Å². The Bertz CT molecular complexity index is 1540. The third-order valence-electron chi connectivity index (χ3n) is 4.86. The van der Waals surface area contributed by atoms with Gasteiger partial charge in [0.2, 0.25) is 0 Å². The van der Waals surface area contributed by atoms with Crippen LogP contribution in [0.3, 0.4) is 0 Å². The summed E-state index contributed by atoms with van der Waals surface area (Å²) in [6, 6.07) is 6.71. The van der Waals surface area contributed by atoms with E-state index in [1.807, 2.05) is 0 Å². The van der Waals surface area contributed by atoms with Crippen LogP contribution in [0.15, 0.2) is 47.1 Å². The van der Waals surface area contributed by atoms with Crippen LogP contribution in [0.4, 0.5) is 20.2 Å². The first kappa shape index (κ1) is 24.9. The number of carbonyl (C=O) groups excluding carboxylic acids is 1. The molecular formula is C21H16Cl2F2N4O5S. The normalized spacial score (nSPS) is 12.0. The van der Waals surface area contributed by atoms with Crippen molar-refractivity contribution < 1.29 is 31.1 Å². The molecule has 2 aromatic heterocycles. The van der Waals surface area contributed by atoms with Gasteiger partial charge < -0.3 is 14.5 Å². The fraction of sp³-hybridized carbons (Fsp3) is 0.143. The standard InChI is InChI=1S/C21H16Cl2F2N4O5S/c1-29(2)35(31,32)28-10-3-5-15-12(7-10)17-11(4-6-16(19(17)33-15)34-21(24)25)20(30)27-18-13(22)8-26-9-14(18)23/h3-9,21,28H,1-2H3,(H,26,27,30). The fourth-order valence-corrected chi connectivity index (χ4v) is 4.32. The SMILES string of the molecule is CN(C)S(=O)(=O)Nc1ccc2oc3c(OC(F)F)ccc(C(=O)Nc4c(Cl)cncc4Cl)c3c2c1. The van der Waals surface area contributed by atoms with Crippen molar-refractivity contribution in [3.63, 3.8) is 0 Å². The van der Waals surface area contributed by atoms with Gasteiger partial charge in [0.15, 0.2) is 11.3 Å². The van der Waals surface area contributed by atoms with Gasteiger partial charge in [0.25, 0.3) is 5.91 Å². The maximum atomic E-state index is 13.2. The zero-order valence-corrected chi connectivity index (χ0v) is 20.3. The first-order valence-electron chi connectivity index (χ1n) is 9.72. The molecule has 0 saturated carbocycles. The molecule has 0 unspecified atom stereocenters. The largest absolute Gasteiger partial charge is 0.452 e. The number of pyridine rings is 1. The van der Waals surface area contributed by atoms with Crippen molar-refractivity contribution in [3.05, 3.63) is 58.3 Å². The van der Waals surface area contributed by atoms with Gasteiger partial charge in [-0.05, 0) is 30.3 Å². The molecule has 4 aromatic rings. The smallest absolute Gasteiger partial charge is 0.387 e. The van der Waals surface area contributed by atoms with Gasteiger partial charge in [-0.15, -0.1) is 0 Å². The lowest BCUT2D eigenvalue weighted by molar-refractivity contribution is -0.0493. The number of hydrogen-bond acceptors (Lipinski definition) is 6. The van der Waals surface area contributed by atoms with E-state index in [9.17, 15) is 22.0 Å². The predicted molar refractivity (Wildman–Crippen MR) is 129 cm³/mol. The number of ether oxygens (including phenoxy) is 1. The monoisotopic (exact) mass is 544 g/mol. The number of nitrogens with one attached hydrogen (secondary N) is 2. The minimum Gasteiger partial charge on any atom is -0.452 e. The van der Waals surface area contributed by atoms with Gasteiger partial charge in [0.1, 0.15) is 5.58 Å². The van der Waals surface area contributed by atoms with Crippen LogP contribution < -0.4 is 14.8 Å². The summed E-state index contributed by atoms with van der Waals surface area (Å²) in [6.07, 6.45) is 2.57. The molecule has 4 rings (SSSR count). The molecule has 2 N–H and O–H groups in total. The van der Waals surface area contributed by atoms with Crippen molar-refractivity contribution in [1.29, 1.82) is 0 Å². The molecule has 0 saturated heterocycles. The number of benzene rings is 2. The summed E-state index contributed by atoms with van der Waals surface area (Å²) in [7, 11) is -1.15. The van der Waals surface area contributed by atoms with Crippen LogP contribution in [0.25, 0.3) is 21.9 Å². The van der Waals surface area contributed by atoms with Crippen LogP contribution in [0, 0.1) is 0 Å². The van der Waals surface area contributed by atoms with Crippen LogP contribution in [0.1, 0.15) is 10.4 Å². The number of anilines is 2. The lowest BCUT2D eigenvalue weighted by Gasteiger charge is -2.13. The van der Waals surface area contributed by atoms with Crippen molar-refractivity contribution in [2.75, 3.05) is 24.1 Å². The third kappa shape index (κ3) is 4.96. The number of halogens is 4. The van der Waals surface area contributed by atoms with Gasteiger partial charge in [0.05, 0.1) is 27.0 Å². The van der Waals surface area contributed by atoms with Gasteiger partial charge in [0, 0.05) is 37.3 Å². The molecule has 14 heteroatoms. The maximum absolute atomic E-state index is 13.2. The number of rotatable bonds is 7. The average molecular weight is 545 g/mol. The zero-order chi connectivity index (χ0) is 25.5. The minimum atomic E-state index is -3.84.